The molecule has 0 aliphatic rings. The van der Waals surface area contributed by atoms with Crippen molar-refractivity contribution >= 4 is 0 Å². The molecule has 1 N–H and O–H groups in total. The number of nitrogens with zero attached hydrogens (tertiary/aromatic N) is 1. The summed E-state index contributed by atoms with van der Waals surface area (Å²) in [5.74, 6) is 1.56. The van der Waals surface area contributed by atoms with Gasteiger partial charge in [0.05, 0.1) is 0 Å². The summed E-state index contributed by atoms with van der Waals surface area (Å²) >= 11 is 0. The van der Waals surface area contributed by atoms with E-state index in [0.29, 0.717) is 19.1 Å². The SMILES string of the molecule is c1ccc(COc2ccccc2CNCCOc2ccccn2)cc1. The second-order valence-electron chi connectivity index (χ2n) is 5.58. The highest BCUT2D eigenvalue weighted by Gasteiger charge is 2.03. The Hall–Kier alpha value is -2.85. The zero-order valence-electron chi connectivity index (χ0n) is 14.1. The van der Waals surface area contributed by atoms with E-state index in [1.54, 1.807) is 6.20 Å². The first-order valence-corrected chi connectivity index (χ1v) is 8.41. The van der Waals surface area contributed by atoms with E-state index in [4.69, 9.17) is 9.47 Å². The predicted octanol–water partition coefficient (Wildman–Crippen LogP) is 3.83. The molecule has 128 valence electrons. The van der Waals surface area contributed by atoms with Crippen LogP contribution in [0.2, 0.25) is 0 Å². The van der Waals surface area contributed by atoms with Crippen LogP contribution >= 0.6 is 0 Å². The first kappa shape index (κ1) is 17.0. The molecule has 1 aromatic heterocycles. The Kier molecular flexibility index (Phi) is 6.42. The molecular formula is C21H22N2O2. The first-order chi connectivity index (χ1) is 12.4. The van der Waals surface area contributed by atoms with Crippen molar-refractivity contribution in [3.63, 3.8) is 0 Å². The van der Waals surface area contributed by atoms with Gasteiger partial charge in [-0.2, -0.15) is 0 Å². The molecule has 3 aromatic rings. The van der Waals surface area contributed by atoms with Crippen molar-refractivity contribution in [2.45, 2.75) is 13.2 Å². The van der Waals surface area contributed by atoms with Gasteiger partial charge in [-0.3, -0.25) is 0 Å². The van der Waals surface area contributed by atoms with Crippen LogP contribution in [-0.4, -0.2) is 18.1 Å². The van der Waals surface area contributed by atoms with Gasteiger partial charge in [-0.05, 0) is 17.7 Å². The Morgan fingerprint density at radius 1 is 0.800 bits per heavy atom. The molecule has 0 bridgehead atoms. The van der Waals surface area contributed by atoms with Crippen LogP contribution in [0.25, 0.3) is 0 Å². The van der Waals surface area contributed by atoms with Crippen LogP contribution in [0, 0.1) is 0 Å². The molecule has 0 spiro atoms. The van der Waals surface area contributed by atoms with Crippen LogP contribution in [-0.2, 0) is 13.2 Å². The summed E-state index contributed by atoms with van der Waals surface area (Å²) in [6.07, 6.45) is 1.73. The number of benzene rings is 2. The van der Waals surface area contributed by atoms with Crippen LogP contribution in [0.3, 0.4) is 0 Å². The molecule has 4 nitrogen and oxygen atoms in total. The largest absolute Gasteiger partial charge is 0.489 e. The van der Waals surface area contributed by atoms with Crippen molar-refractivity contribution in [2.24, 2.45) is 0 Å². The topological polar surface area (TPSA) is 43.4 Å². The van der Waals surface area contributed by atoms with Gasteiger partial charge in [-0.15, -0.1) is 0 Å². The number of para-hydroxylation sites is 1. The smallest absolute Gasteiger partial charge is 0.213 e. The van der Waals surface area contributed by atoms with Gasteiger partial charge in [0, 0.05) is 30.9 Å². The van der Waals surface area contributed by atoms with Crippen molar-refractivity contribution in [3.05, 3.63) is 90.1 Å². The van der Waals surface area contributed by atoms with Gasteiger partial charge in [0.15, 0.2) is 0 Å². The molecule has 0 saturated heterocycles. The molecule has 3 rings (SSSR count). The Labute approximate surface area is 148 Å². The van der Waals surface area contributed by atoms with Gasteiger partial charge in [-0.1, -0.05) is 54.6 Å². The van der Waals surface area contributed by atoms with E-state index in [-0.39, 0.29) is 0 Å². The molecule has 0 saturated carbocycles. The van der Waals surface area contributed by atoms with Gasteiger partial charge in [0.2, 0.25) is 5.88 Å². The second-order valence-corrected chi connectivity index (χ2v) is 5.58. The highest BCUT2D eigenvalue weighted by atomic mass is 16.5. The summed E-state index contributed by atoms with van der Waals surface area (Å²) < 4.78 is 11.5. The van der Waals surface area contributed by atoms with Crippen molar-refractivity contribution < 1.29 is 9.47 Å². The molecule has 4 heteroatoms. The van der Waals surface area contributed by atoms with E-state index in [1.165, 1.54) is 0 Å². The maximum Gasteiger partial charge on any atom is 0.213 e. The minimum absolute atomic E-state index is 0.570. The number of hydrogen-bond donors (Lipinski definition) is 1. The van der Waals surface area contributed by atoms with Crippen LogP contribution in [0.4, 0.5) is 0 Å². The van der Waals surface area contributed by atoms with Crippen molar-refractivity contribution in [3.8, 4) is 11.6 Å². The Morgan fingerprint density at radius 2 is 1.60 bits per heavy atom. The average molecular weight is 334 g/mol. The number of nitrogens with one attached hydrogen (secondary N) is 1. The average Bonchev–Trinajstić information content (AvgIpc) is 2.68. The minimum Gasteiger partial charge on any atom is -0.489 e. The number of ether oxygens (including phenoxy) is 2. The van der Waals surface area contributed by atoms with E-state index in [9.17, 15) is 0 Å². The van der Waals surface area contributed by atoms with E-state index in [0.717, 1.165) is 30.0 Å². The summed E-state index contributed by atoms with van der Waals surface area (Å²) in [7, 11) is 0. The van der Waals surface area contributed by atoms with Crippen LogP contribution < -0.4 is 14.8 Å². The van der Waals surface area contributed by atoms with Gasteiger partial charge in [-0.25, -0.2) is 4.98 Å². The zero-order chi connectivity index (χ0) is 17.2. The standard InChI is InChI=1S/C21H22N2O2/c1-2-8-18(9-3-1)17-25-20-11-5-4-10-19(20)16-22-14-15-24-21-12-6-7-13-23-21/h1-13,22H,14-17H2. The predicted molar refractivity (Wildman–Crippen MR) is 98.7 cm³/mol. The van der Waals surface area contributed by atoms with Gasteiger partial charge >= 0.3 is 0 Å². The Balaban J connectivity index is 1.44. The maximum atomic E-state index is 5.97. The third-order valence-electron chi connectivity index (χ3n) is 3.69. The number of hydrogen-bond acceptors (Lipinski definition) is 4. The molecular weight excluding hydrogens is 312 g/mol. The molecule has 2 aromatic carbocycles. The van der Waals surface area contributed by atoms with Gasteiger partial charge in [0.25, 0.3) is 0 Å². The van der Waals surface area contributed by atoms with Crippen LogP contribution in [0.5, 0.6) is 11.6 Å². The Morgan fingerprint density at radius 3 is 2.44 bits per heavy atom. The molecule has 25 heavy (non-hydrogen) atoms. The van der Waals surface area contributed by atoms with Crippen molar-refractivity contribution in [1.29, 1.82) is 0 Å². The molecule has 0 radical (unpaired) electrons. The van der Waals surface area contributed by atoms with E-state index in [1.807, 2.05) is 54.6 Å². The summed E-state index contributed by atoms with van der Waals surface area (Å²) in [5.41, 5.74) is 2.30. The van der Waals surface area contributed by atoms with Gasteiger partial charge < -0.3 is 14.8 Å². The third-order valence-corrected chi connectivity index (χ3v) is 3.69. The van der Waals surface area contributed by atoms with Gasteiger partial charge in [0.1, 0.15) is 19.0 Å². The number of rotatable bonds is 9. The fraction of sp³-hybridized carbons (Fsp3) is 0.190. The zero-order valence-corrected chi connectivity index (χ0v) is 14.1. The molecule has 0 aliphatic carbocycles. The van der Waals surface area contributed by atoms with E-state index < -0.39 is 0 Å². The normalized spacial score (nSPS) is 10.4. The molecule has 0 atom stereocenters. The molecule has 0 fully saturated rings. The quantitative estimate of drug-likeness (QED) is 0.604. The summed E-state index contributed by atoms with van der Waals surface area (Å²) in [5, 5.41) is 3.38. The highest BCUT2D eigenvalue weighted by Crippen LogP contribution is 2.19. The lowest BCUT2D eigenvalue weighted by Crippen LogP contribution is -2.21. The lowest BCUT2D eigenvalue weighted by molar-refractivity contribution is 0.295. The molecule has 1 heterocycles. The number of aromatic nitrogens is 1. The van der Waals surface area contributed by atoms with E-state index in [2.05, 4.69) is 28.5 Å². The number of pyridine rings is 1. The highest BCUT2D eigenvalue weighted by molar-refractivity contribution is 5.33. The minimum atomic E-state index is 0.570. The second kappa shape index (κ2) is 9.45. The first-order valence-electron chi connectivity index (χ1n) is 8.41. The maximum absolute atomic E-state index is 5.97. The molecule has 0 aliphatic heterocycles. The fourth-order valence-corrected chi connectivity index (χ4v) is 2.41. The fourth-order valence-electron chi connectivity index (χ4n) is 2.41. The third kappa shape index (κ3) is 5.62. The summed E-state index contributed by atoms with van der Waals surface area (Å²) in [6, 6.07) is 23.9. The lowest BCUT2D eigenvalue weighted by Gasteiger charge is -2.12. The summed E-state index contributed by atoms with van der Waals surface area (Å²) in [4.78, 5) is 4.13. The Bertz CT molecular complexity index is 748. The van der Waals surface area contributed by atoms with Crippen molar-refractivity contribution in [2.75, 3.05) is 13.2 Å². The monoisotopic (exact) mass is 334 g/mol. The van der Waals surface area contributed by atoms with Crippen molar-refractivity contribution in [1.82, 2.24) is 10.3 Å². The lowest BCUT2D eigenvalue weighted by atomic mass is 10.2. The van der Waals surface area contributed by atoms with Crippen LogP contribution in [0.15, 0.2) is 79.0 Å². The van der Waals surface area contributed by atoms with E-state index >= 15 is 0 Å². The molecule has 0 unspecified atom stereocenters. The van der Waals surface area contributed by atoms with Crippen LogP contribution in [0.1, 0.15) is 11.1 Å². The molecule has 0 amide bonds. The summed E-state index contributed by atoms with van der Waals surface area (Å²) in [6.45, 7) is 2.62.